The van der Waals surface area contributed by atoms with Gasteiger partial charge in [0, 0.05) is 24.1 Å². The van der Waals surface area contributed by atoms with Gasteiger partial charge in [-0.15, -0.1) is 5.10 Å². The Morgan fingerprint density at radius 1 is 1.12 bits per heavy atom. The van der Waals surface area contributed by atoms with Crippen molar-refractivity contribution in [2.24, 2.45) is 7.05 Å². The zero-order chi connectivity index (χ0) is 18.7. The van der Waals surface area contributed by atoms with Crippen LogP contribution in [-0.4, -0.2) is 20.1 Å². The fraction of sp³-hybridized carbons (Fsp3) is 0.250. The predicted molar refractivity (Wildman–Crippen MR) is 102 cm³/mol. The molecule has 0 aliphatic heterocycles. The molecule has 0 saturated heterocycles. The number of rotatable bonds is 6. The lowest BCUT2D eigenvalue weighted by Gasteiger charge is -2.04. The molecule has 134 valence electrons. The Morgan fingerprint density at radius 3 is 2.50 bits per heavy atom. The van der Waals surface area contributed by atoms with Crippen molar-refractivity contribution in [2.45, 2.75) is 26.3 Å². The third-order valence-electron chi connectivity index (χ3n) is 4.40. The van der Waals surface area contributed by atoms with E-state index in [-0.39, 0.29) is 18.0 Å². The van der Waals surface area contributed by atoms with Crippen molar-refractivity contribution in [3.63, 3.8) is 0 Å². The number of ketones is 1. The average molecular weight is 370 g/mol. The predicted octanol–water partition coefficient (Wildman–Crippen LogP) is 3.41. The van der Waals surface area contributed by atoms with E-state index < -0.39 is 0 Å². The Morgan fingerprint density at radius 2 is 1.81 bits per heavy atom. The summed E-state index contributed by atoms with van der Waals surface area (Å²) >= 11 is 5.90. The van der Waals surface area contributed by atoms with Gasteiger partial charge in [-0.2, -0.15) is 0 Å². The number of hydrogen-bond donors (Lipinski definition) is 0. The van der Waals surface area contributed by atoms with Crippen LogP contribution in [0, 0.1) is 6.92 Å². The SMILES string of the molecule is Cc1ccccc1CCC(=O)Cn1nc(-c2ccc(Cl)cc2)n(C)c1=O. The highest BCUT2D eigenvalue weighted by Gasteiger charge is 2.14. The minimum absolute atomic E-state index is 0.0175. The van der Waals surface area contributed by atoms with Crippen LogP contribution in [0.5, 0.6) is 0 Å². The van der Waals surface area contributed by atoms with Crippen molar-refractivity contribution in [3.8, 4) is 11.4 Å². The molecule has 0 radical (unpaired) electrons. The highest BCUT2D eigenvalue weighted by Crippen LogP contribution is 2.18. The van der Waals surface area contributed by atoms with Gasteiger partial charge in [-0.1, -0.05) is 35.9 Å². The zero-order valence-corrected chi connectivity index (χ0v) is 15.5. The van der Waals surface area contributed by atoms with E-state index in [4.69, 9.17) is 11.6 Å². The van der Waals surface area contributed by atoms with E-state index in [0.29, 0.717) is 23.7 Å². The summed E-state index contributed by atoms with van der Waals surface area (Å²) in [6.45, 7) is 2.01. The quantitative estimate of drug-likeness (QED) is 0.669. The van der Waals surface area contributed by atoms with Crippen LogP contribution in [0.3, 0.4) is 0 Å². The summed E-state index contributed by atoms with van der Waals surface area (Å²) < 4.78 is 2.67. The molecule has 1 aromatic heterocycles. The molecule has 0 aliphatic rings. The van der Waals surface area contributed by atoms with Crippen LogP contribution in [0.4, 0.5) is 0 Å². The molecule has 1 heterocycles. The standard InChI is InChI=1S/C20H20ClN3O2/c1-14-5-3-4-6-15(14)9-12-18(25)13-24-20(26)23(2)19(22-24)16-7-10-17(21)11-8-16/h3-8,10-11H,9,12-13H2,1-2H3. The van der Waals surface area contributed by atoms with Crippen molar-refractivity contribution < 1.29 is 4.79 Å². The highest BCUT2D eigenvalue weighted by atomic mass is 35.5. The number of halogens is 1. The van der Waals surface area contributed by atoms with Crippen molar-refractivity contribution in [1.29, 1.82) is 0 Å². The molecular formula is C20H20ClN3O2. The van der Waals surface area contributed by atoms with Gasteiger partial charge in [-0.05, 0) is 48.7 Å². The van der Waals surface area contributed by atoms with Crippen LogP contribution in [0.2, 0.25) is 5.02 Å². The van der Waals surface area contributed by atoms with E-state index >= 15 is 0 Å². The number of aryl methyl sites for hydroxylation is 2. The first-order valence-electron chi connectivity index (χ1n) is 8.41. The number of carbonyl (C=O) groups excluding carboxylic acids is 1. The third kappa shape index (κ3) is 3.94. The second-order valence-corrected chi connectivity index (χ2v) is 6.73. The van der Waals surface area contributed by atoms with Crippen LogP contribution < -0.4 is 5.69 Å². The fourth-order valence-electron chi connectivity index (χ4n) is 2.85. The molecule has 0 fully saturated rings. The number of aromatic nitrogens is 3. The normalized spacial score (nSPS) is 10.9. The van der Waals surface area contributed by atoms with Gasteiger partial charge in [-0.3, -0.25) is 9.36 Å². The van der Waals surface area contributed by atoms with Crippen LogP contribution in [0.1, 0.15) is 17.5 Å². The largest absolute Gasteiger partial charge is 0.346 e. The Hall–Kier alpha value is -2.66. The lowest BCUT2D eigenvalue weighted by Crippen LogP contribution is -2.26. The lowest BCUT2D eigenvalue weighted by molar-refractivity contribution is -0.119. The van der Waals surface area contributed by atoms with Gasteiger partial charge >= 0.3 is 5.69 Å². The molecule has 6 heteroatoms. The molecule has 2 aromatic carbocycles. The van der Waals surface area contributed by atoms with Gasteiger partial charge in [-0.25, -0.2) is 9.48 Å². The second kappa shape index (κ2) is 7.70. The molecule has 5 nitrogen and oxygen atoms in total. The molecule has 3 aromatic rings. The molecule has 0 spiro atoms. The maximum Gasteiger partial charge on any atom is 0.346 e. The summed E-state index contributed by atoms with van der Waals surface area (Å²) in [5.74, 6) is 0.495. The molecule has 0 N–H and O–H groups in total. The summed E-state index contributed by atoms with van der Waals surface area (Å²) in [7, 11) is 1.65. The molecule has 0 unspecified atom stereocenters. The second-order valence-electron chi connectivity index (χ2n) is 6.29. The Bertz CT molecular complexity index is 987. The maximum atomic E-state index is 12.4. The zero-order valence-electron chi connectivity index (χ0n) is 14.8. The van der Waals surface area contributed by atoms with Gasteiger partial charge in [0.2, 0.25) is 0 Å². The first-order valence-corrected chi connectivity index (χ1v) is 8.79. The van der Waals surface area contributed by atoms with E-state index in [1.54, 1.807) is 31.3 Å². The first-order chi connectivity index (χ1) is 12.5. The smallest absolute Gasteiger partial charge is 0.298 e. The first kappa shape index (κ1) is 18.1. The van der Waals surface area contributed by atoms with Gasteiger partial charge in [0.05, 0.1) is 0 Å². The molecule has 3 rings (SSSR count). The van der Waals surface area contributed by atoms with Gasteiger partial charge in [0.25, 0.3) is 0 Å². The van der Waals surface area contributed by atoms with Crippen LogP contribution in [0.25, 0.3) is 11.4 Å². The van der Waals surface area contributed by atoms with Gasteiger partial charge in [0.15, 0.2) is 11.6 Å². The third-order valence-corrected chi connectivity index (χ3v) is 4.66. The number of carbonyl (C=O) groups is 1. The topological polar surface area (TPSA) is 56.9 Å². The summed E-state index contributed by atoms with van der Waals surface area (Å²) in [5.41, 5.74) is 2.79. The molecule has 0 aliphatic carbocycles. The monoisotopic (exact) mass is 369 g/mol. The molecule has 0 atom stereocenters. The minimum atomic E-state index is -0.306. The van der Waals surface area contributed by atoms with Crippen LogP contribution in [0.15, 0.2) is 53.3 Å². The minimum Gasteiger partial charge on any atom is -0.298 e. The van der Waals surface area contributed by atoms with Crippen molar-refractivity contribution in [3.05, 3.63) is 75.2 Å². The van der Waals surface area contributed by atoms with Crippen molar-refractivity contribution >= 4 is 17.4 Å². The summed E-state index contributed by atoms with van der Waals surface area (Å²) in [4.78, 5) is 24.7. The van der Waals surface area contributed by atoms with E-state index in [0.717, 1.165) is 11.1 Å². The number of nitrogens with zero attached hydrogens (tertiary/aromatic N) is 3. The molecule has 26 heavy (non-hydrogen) atoms. The number of hydrogen-bond acceptors (Lipinski definition) is 3. The van der Waals surface area contributed by atoms with Crippen LogP contribution >= 0.6 is 11.6 Å². The maximum absolute atomic E-state index is 12.4. The van der Waals surface area contributed by atoms with E-state index in [1.807, 2.05) is 31.2 Å². The Labute approximate surface area is 156 Å². The van der Waals surface area contributed by atoms with Gasteiger partial charge in [0.1, 0.15) is 6.54 Å². The highest BCUT2D eigenvalue weighted by molar-refractivity contribution is 6.30. The molecule has 0 saturated carbocycles. The van der Waals surface area contributed by atoms with Gasteiger partial charge < -0.3 is 0 Å². The molecule has 0 bridgehead atoms. The Balaban J connectivity index is 1.73. The molecular weight excluding hydrogens is 350 g/mol. The number of Topliss-reactive ketones (excluding diaryl/α,β-unsaturated/α-hetero) is 1. The average Bonchev–Trinajstić information content (AvgIpc) is 2.90. The van der Waals surface area contributed by atoms with E-state index in [2.05, 4.69) is 5.10 Å². The summed E-state index contributed by atoms with van der Waals surface area (Å²) in [6.07, 6.45) is 1.04. The van der Waals surface area contributed by atoms with Crippen LogP contribution in [-0.2, 0) is 24.8 Å². The lowest BCUT2D eigenvalue weighted by atomic mass is 10.0. The summed E-state index contributed by atoms with van der Waals surface area (Å²) in [6, 6.07) is 15.1. The van der Waals surface area contributed by atoms with E-state index in [9.17, 15) is 9.59 Å². The molecule has 0 amide bonds. The fourth-order valence-corrected chi connectivity index (χ4v) is 2.98. The Kier molecular flexibility index (Phi) is 5.38. The van der Waals surface area contributed by atoms with Crippen molar-refractivity contribution in [2.75, 3.05) is 0 Å². The van der Waals surface area contributed by atoms with Crippen molar-refractivity contribution in [1.82, 2.24) is 14.3 Å². The number of benzene rings is 2. The summed E-state index contributed by atoms with van der Waals surface area (Å²) in [5, 5.41) is 4.94. The van der Waals surface area contributed by atoms with E-state index in [1.165, 1.54) is 14.8 Å².